The Morgan fingerprint density at radius 3 is 2.79 bits per heavy atom. The Hall–Kier alpha value is -1.35. The second kappa shape index (κ2) is 4.97. The average Bonchev–Trinajstić information content (AvgIpc) is 3.01. The zero-order chi connectivity index (χ0) is 13.4. The molecular weight excluding hydrogens is 239 g/mol. The molecule has 0 saturated heterocycles. The van der Waals surface area contributed by atoms with Crippen LogP contribution in [0.3, 0.4) is 0 Å². The zero-order valence-electron chi connectivity index (χ0n) is 11.4. The quantitative estimate of drug-likeness (QED) is 0.899. The molecule has 1 aliphatic rings. The van der Waals surface area contributed by atoms with E-state index in [1.54, 1.807) is 6.07 Å². The molecule has 3 rings (SSSR count). The molecule has 2 nitrogen and oxygen atoms in total. The fourth-order valence-corrected chi connectivity index (χ4v) is 3.68. The van der Waals surface area contributed by atoms with Crippen LogP contribution in [0.25, 0.3) is 10.9 Å². The van der Waals surface area contributed by atoms with Crippen molar-refractivity contribution in [2.24, 2.45) is 18.7 Å². The normalized spacial score (nSPS) is 18.3. The van der Waals surface area contributed by atoms with Crippen molar-refractivity contribution in [3.05, 3.63) is 35.8 Å². The number of benzene rings is 1. The summed E-state index contributed by atoms with van der Waals surface area (Å²) >= 11 is 0. The summed E-state index contributed by atoms with van der Waals surface area (Å²) < 4.78 is 15.9. The van der Waals surface area contributed by atoms with E-state index in [1.807, 2.05) is 17.7 Å². The molecule has 2 N–H and O–H groups in total. The average molecular weight is 260 g/mol. The highest BCUT2D eigenvalue weighted by atomic mass is 19.1. The van der Waals surface area contributed by atoms with Gasteiger partial charge in [-0.05, 0) is 36.9 Å². The van der Waals surface area contributed by atoms with Crippen LogP contribution in [-0.2, 0) is 7.05 Å². The van der Waals surface area contributed by atoms with Gasteiger partial charge in [-0.15, -0.1) is 0 Å². The van der Waals surface area contributed by atoms with Gasteiger partial charge in [-0.2, -0.15) is 0 Å². The predicted octanol–water partition coefficient (Wildman–Crippen LogP) is 3.55. The summed E-state index contributed by atoms with van der Waals surface area (Å²) in [6, 6.07) is 5.34. The Bertz CT molecular complexity index is 582. The Morgan fingerprint density at radius 2 is 2.11 bits per heavy atom. The first-order valence-electron chi connectivity index (χ1n) is 7.16. The van der Waals surface area contributed by atoms with E-state index >= 15 is 0 Å². The lowest BCUT2D eigenvalue weighted by Gasteiger charge is -2.21. The Labute approximate surface area is 113 Å². The third kappa shape index (κ3) is 2.06. The first-order chi connectivity index (χ1) is 9.22. The molecule has 1 aliphatic carbocycles. The molecule has 2 aromatic rings. The van der Waals surface area contributed by atoms with Crippen LogP contribution in [-0.4, -0.2) is 11.1 Å². The molecule has 1 saturated carbocycles. The minimum Gasteiger partial charge on any atom is -0.348 e. The first kappa shape index (κ1) is 12.7. The predicted molar refractivity (Wildman–Crippen MR) is 76.6 cm³/mol. The van der Waals surface area contributed by atoms with Gasteiger partial charge in [-0.3, -0.25) is 0 Å². The van der Waals surface area contributed by atoms with E-state index in [-0.39, 0.29) is 5.82 Å². The molecule has 1 atom stereocenters. The van der Waals surface area contributed by atoms with Crippen LogP contribution in [0, 0.1) is 11.7 Å². The summed E-state index contributed by atoms with van der Waals surface area (Å²) in [5.74, 6) is 0.889. The monoisotopic (exact) mass is 260 g/mol. The van der Waals surface area contributed by atoms with Crippen molar-refractivity contribution in [3.8, 4) is 0 Å². The number of hydrogen-bond acceptors (Lipinski definition) is 1. The van der Waals surface area contributed by atoms with Crippen molar-refractivity contribution in [2.45, 2.75) is 31.6 Å². The van der Waals surface area contributed by atoms with E-state index in [9.17, 15) is 4.39 Å². The van der Waals surface area contributed by atoms with Crippen LogP contribution in [0.1, 0.15) is 37.2 Å². The lowest BCUT2D eigenvalue weighted by Crippen LogP contribution is -2.19. The molecule has 0 spiro atoms. The molecule has 102 valence electrons. The Morgan fingerprint density at radius 1 is 1.37 bits per heavy atom. The number of rotatable bonds is 3. The van der Waals surface area contributed by atoms with Crippen molar-refractivity contribution in [2.75, 3.05) is 6.54 Å². The summed E-state index contributed by atoms with van der Waals surface area (Å²) in [5, 5.41) is 1.03. The number of aryl methyl sites for hydroxylation is 1. The van der Waals surface area contributed by atoms with Crippen LogP contribution in [0.4, 0.5) is 4.39 Å². The molecule has 0 amide bonds. The van der Waals surface area contributed by atoms with Gasteiger partial charge in [0.1, 0.15) is 5.82 Å². The van der Waals surface area contributed by atoms with Crippen LogP contribution in [0.15, 0.2) is 24.4 Å². The second-order valence-electron chi connectivity index (χ2n) is 5.72. The van der Waals surface area contributed by atoms with E-state index in [4.69, 9.17) is 5.73 Å². The van der Waals surface area contributed by atoms with Crippen LogP contribution >= 0.6 is 0 Å². The SMILES string of the molecule is Cn1cc(C(CN)C2CCCC2)c2cccc(F)c21. The van der Waals surface area contributed by atoms with E-state index < -0.39 is 0 Å². The van der Waals surface area contributed by atoms with Gasteiger partial charge in [0.15, 0.2) is 0 Å². The molecule has 1 aromatic heterocycles. The highest BCUT2D eigenvalue weighted by Crippen LogP contribution is 2.40. The number of aromatic nitrogens is 1. The van der Waals surface area contributed by atoms with Gasteiger partial charge in [-0.1, -0.05) is 25.0 Å². The van der Waals surface area contributed by atoms with E-state index in [0.717, 1.165) is 5.39 Å². The number of para-hydroxylation sites is 1. The summed E-state index contributed by atoms with van der Waals surface area (Å²) in [5.41, 5.74) is 7.95. The van der Waals surface area contributed by atoms with Gasteiger partial charge in [-0.25, -0.2) is 4.39 Å². The molecule has 19 heavy (non-hydrogen) atoms. The van der Waals surface area contributed by atoms with Crippen molar-refractivity contribution in [1.82, 2.24) is 4.57 Å². The highest BCUT2D eigenvalue weighted by molar-refractivity contribution is 5.85. The first-order valence-corrected chi connectivity index (χ1v) is 7.16. The number of nitrogens with two attached hydrogens (primary N) is 1. The smallest absolute Gasteiger partial charge is 0.147 e. The number of halogens is 1. The largest absolute Gasteiger partial charge is 0.348 e. The molecule has 1 fully saturated rings. The van der Waals surface area contributed by atoms with E-state index in [2.05, 4.69) is 6.20 Å². The number of hydrogen-bond donors (Lipinski definition) is 1. The summed E-state index contributed by atoms with van der Waals surface area (Å²) in [6.45, 7) is 0.653. The van der Waals surface area contributed by atoms with Crippen molar-refractivity contribution in [1.29, 1.82) is 0 Å². The lowest BCUT2D eigenvalue weighted by molar-refractivity contribution is 0.442. The zero-order valence-corrected chi connectivity index (χ0v) is 11.4. The van der Waals surface area contributed by atoms with Gasteiger partial charge in [0, 0.05) is 24.5 Å². The molecule has 1 heterocycles. The van der Waals surface area contributed by atoms with Crippen molar-refractivity contribution in [3.63, 3.8) is 0 Å². The summed E-state index contributed by atoms with van der Waals surface area (Å²) in [4.78, 5) is 0. The molecule has 3 heteroatoms. The maximum Gasteiger partial charge on any atom is 0.147 e. The van der Waals surface area contributed by atoms with Gasteiger partial charge in [0.05, 0.1) is 5.52 Å². The summed E-state index contributed by atoms with van der Waals surface area (Å²) in [6.07, 6.45) is 7.20. The summed E-state index contributed by atoms with van der Waals surface area (Å²) in [7, 11) is 1.91. The topological polar surface area (TPSA) is 30.9 Å². The van der Waals surface area contributed by atoms with E-state index in [0.29, 0.717) is 23.9 Å². The fourth-order valence-electron chi connectivity index (χ4n) is 3.68. The molecule has 0 bridgehead atoms. The van der Waals surface area contributed by atoms with E-state index in [1.165, 1.54) is 37.3 Å². The molecule has 1 aromatic carbocycles. The number of nitrogens with zero attached hydrogens (tertiary/aromatic N) is 1. The van der Waals surface area contributed by atoms with Gasteiger partial charge in [0.25, 0.3) is 0 Å². The van der Waals surface area contributed by atoms with Crippen molar-refractivity contribution < 1.29 is 4.39 Å². The van der Waals surface area contributed by atoms with Gasteiger partial charge < -0.3 is 10.3 Å². The standard InChI is InChI=1S/C16H21FN2/c1-19-10-14(12-7-4-8-15(17)16(12)19)13(9-18)11-5-2-3-6-11/h4,7-8,10-11,13H,2-3,5-6,9,18H2,1H3. The highest BCUT2D eigenvalue weighted by Gasteiger charge is 2.27. The van der Waals surface area contributed by atoms with Crippen LogP contribution in [0.5, 0.6) is 0 Å². The fraction of sp³-hybridized carbons (Fsp3) is 0.500. The molecule has 0 aliphatic heterocycles. The van der Waals surface area contributed by atoms with Gasteiger partial charge >= 0.3 is 0 Å². The third-order valence-electron chi connectivity index (χ3n) is 4.61. The molecular formula is C16H21FN2. The minimum absolute atomic E-state index is 0.145. The minimum atomic E-state index is -0.145. The van der Waals surface area contributed by atoms with Crippen LogP contribution < -0.4 is 5.73 Å². The Kier molecular flexibility index (Phi) is 3.31. The van der Waals surface area contributed by atoms with Crippen molar-refractivity contribution >= 4 is 10.9 Å². The van der Waals surface area contributed by atoms with Gasteiger partial charge in [0.2, 0.25) is 0 Å². The number of fused-ring (bicyclic) bond motifs is 1. The molecule has 1 unspecified atom stereocenters. The van der Waals surface area contributed by atoms with Crippen LogP contribution in [0.2, 0.25) is 0 Å². The maximum absolute atomic E-state index is 14.0. The molecule has 0 radical (unpaired) electrons. The second-order valence-corrected chi connectivity index (χ2v) is 5.72. The lowest BCUT2D eigenvalue weighted by atomic mass is 9.85. The third-order valence-corrected chi connectivity index (χ3v) is 4.61. The Balaban J connectivity index is 2.11. The maximum atomic E-state index is 14.0.